The lowest BCUT2D eigenvalue weighted by atomic mass is 9.84. The quantitative estimate of drug-likeness (QED) is 0.575. The van der Waals surface area contributed by atoms with E-state index < -0.39 is 9.84 Å². The molecule has 2 aromatic carbocycles. The van der Waals surface area contributed by atoms with E-state index in [4.69, 9.17) is 0 Å². The summed E-state index contributed by atoms with van der Waals surface area (Å²) in [7, 11) is -3.43. The van der Waals surface area contributed by atoms with Crippen LogP contribution in [0.2, 0.25) is 0 Å². The SMILES string of the molecule is CC(C)(C)c1ccc2c(c1)Cc1cc(C(C)(C)C)ccc1S2(=O)=O. The first-order chi connectivity index (χ1) is 10.9. The molecule has 0 atom stereocenters. The first-order valence-electron chi connectivity index (χ1n) is 8.42. The minimum absolute atomic E-state index is 0.00628. The summed E-state index contributed by atoms with van der Waals surface area (Å²) in [4.78, 5) is 0.929. The number of hydrogen-bond acceptors (Lipinski definition) is 2. The van der Waals surface area contributed by atoms with Crippen molar-refractivity contribution in [2.45, 2.75) is 68.6 Å². The Morgan fingerprint density at radius 1 is 0.708 bits per heavy atom. The van der Waals surface area contributed by atoms with Crippen LogP contribution >= 0.6 is 0 Å². The van der Waals surface area contributed by atoms with Gasteiger partial charge in [-0.05, 0) is 45.2 Å². The highest BCUT2D eigenvalue weighted by atomic mass is 32.2. The number of fused-ring (bicyclic) bond motifs is 2. The van der Waals surface area contributed by atoms with Gasteiger partial charge >= 0.3 is 0 Å². The Morgan fingerprint density at radius 3 is 1.42 bits per heavy atom. The first kappa shape index (κ1) is 17.2. The summed E-state index contributed by atoms with van der Waals surface area (Å²) in [5.74, 6) is 0. The van der Waals surface area contributed by atoms with Crippen LogP contribution < -0.4 is 0 Å². The zero-order valence-electron chi connectivity index (χ0n) is 15.4. The molecule has 2 aromatic rings. The summed E-state index contributed by atoms with van der Waals surface area (Å²) in [5.41, 5.74) is 4.19. The van der Waals surface area contributed by atoms with Crippen molar-refractivity contribution in [2.75, 3.05) is 0 Å². The molecule has 24 heavy (non-hydrogen) atoms. The van der Waals surface area contributed by atoms with E-state index >= 15 is 0 Å². The predicted molar refractivity (Wildman–Crippen MR) is 98.5 cm³/mol. The van der Waals surface area contributed by atoms with Crippen molar-refractivity contribution in [3.8, 4) is 0 Å². The highest BCUT2D eigenvalue weighted by Crippen LogP contribution is 2.38. The molecule has 0 radical (unpaired) electrons. The molecule has 0 aromatic heterocycles. The van der Waals surface area contributed by atoms with Gasteiger partial charge in [0, 0.05) is 6.42 Å². The number of sulfone groups is 1. The highest BCUT2D eigenvalue weighted by Gasteiger charge is 2.31. The maximum Gasteiger partial charge on any atom is 0.207 e. The fraction of sp³-hybridized carbons (Fsp3) is 0.429. The van der Waals surface area contributed by atoms with Crippen molar-refractivity contribution in [3.63, 3.8) is 0 Å². The van der Waals surface area contributed by atoms with E-state index in [1.54, 1.807) is 12.1 Å². The molecule has 1 aliphatic rings. The second-order valence-corrected chi connectivity index (χ2v) is 10.7. The molecule has 3 rings (SSSR count). The summed E-state index contributed by atoms with van der Waals surface area (Å²) >= 11 is 0. The van der Waals surface area contributed by atoms with Crippen molar-refractivity contribution in [1.82, 2.24) is 0 Å². The van der Waals surface area contributed by atoms with E-state index in [0.717, 1.165) is 11.1 Å². The summed E-state index contributed by atoms with van der Waals surface area (Å²) < 4.78 is 26.0. The summed E-state index contributed by atoms with van der Waals surface area (Å²) in [5, 5.41) is 0. The highest BCUT2D eigenvalue weighted by molar-refractivity contribution is 7.91. The molecule has 0 amide bonds. The lowest BCUT2D eigenvalue weighted by molar-refractivity contribution is 0.578. The molecule has 128 valence electrons. The Hall–Kier alpha value is -1.61. The molecule has 0 fully saturated rings. The van der Waals surface area contributed by atoms with Gasteiger partial charge in [-0.25, -0.2) is 8.42 Å². The Labute approximate surface area is 145 Å². The van der Waals surface area contributed by atoms with E-state index in [0.29, 0.717) is 16.2 Å². The molecule has 3 heteroatoms. The third-order valence-electron chi connectivity index (χ3n) is 4.81. The van der Waals surface area contributed by atoms with Crippen LogP contribution in [-0.4, -0.2) is 8.42 Å². The van der Waals surface area contributed by atoms with Gasteiger partial charge in [0.25, 0.3) is 0 Å². The third-order valence-corrected chi connectivity index (χ3v) is 6.77. The zero-order valence-corrected chi connectivity index (χ0v) is 16.2. The normalized spacial score (nSPS) is 16.4. The molecule has 2 nitrogen and oxygen atoms in total. The molecular formula is C21H26O2S. The van der Waals surface area contributed by atoms with Crippen molar-refractivity contribution in [1.29, 1.82) is 0 Å². The van der Waals surface area contributed by atoms with Gasteiger partial charge in [-0.2, -0.15) is 0 Å². The van der Waals surface area contributed by atoms with Crippen molar-refractivity contribution in [3.05, 3.63) is 58.7 Å². The number of rotatable bonds is 0. The lowest BCUT2D eigenvalue weighted by Crippen LogP contribution is -2.19. The zero-order chi connectivity index (χ0) is 17.9. The van der Waals surface area contributed by atoms with E-state index in [9.17, 15) is 8.42 Å². The second kappa shape index (κ2) is 5.19. The molecule has 0 saturated carbocycles. The molecule has 0 spiro atoms. The van der Waals surface area contributed by atoms with Crippen molar-refractivity contribution < 1.29 is 8.42 Å². The molecule has 0 bridgehead atoms. The van der Waals surface area contributed by atoms with Crippen LogP contribution in [0, 0.1) is 0 Å². The molecule has 1 heterocycles. The fourth-order valence-electron chi connectivity index (χ4n) is 3.22. The van der Waals surface area contributed by atoms with Gasteiger partial charge in [0.2, 0.25) is 9.84 Å². The van der Waals surface area contributed by atoms with E-state index in [1.165, 1.54) is 11.1 Å². The first-order valence-corrected chi connectivity index (χ1v) is 9.91. The average Bonchev–Trinajstić information content (AvgIpc) is 2.44. The molecule has 0 aliphatic carbocycles. The van der Waals surface area contributed by atoms with Crippen LogP contribution in [-0.2, 0) is 27.1 Å². The average molecular weight is 343 g/mol. The van der Waals surface area contributed by atoms with Gasteiger partial charge in [-0.15, -0.1) is 0 Å². The predicted octanol–water partition coefficient (Wildman–Crippen LogP) is 5.02. The summed E-state index contributed by atoms with van der Waals surface area (Å²) in [6.07, 6.45) is 0.678. The minimum atomic E-state index is -3.43. The van der Waals surface area contributed by atoms with E-state index in [1.807, 2.05) is 12.1 Å². The second-order valence-electron chi connectivity index (χ2n) is 8.83. The molecule has 1 aliphatic heterocycles. The van der Waals surface area contributed by atoms with Gasteiger partial charge < -0.3 is 0 Å². The Bertz CT molecular complexity index is 838. The maximum atomic E-state index is 13.0. The molecule has 0 N–H and O–H groups in total. The van der Waals surface area contributed by atoms with Gasteiger partial charge in [0.05, 0.1) is 9.79 Å². The van der Waals surface area contributed by atoms with Crippen LogP contribution in [0.15, 0.2) is 46.2 Å². The minimum Gasteiger partial charge on any atom is -0.218 e. The Balaban J connectivity index is 2.19. The van der Waals surface area contributed by atoms with Crippen LogP contribution in [0.5, 0.6) is 0 Å². The largest absolute Gasteiger partial charge is 0.218 e. The lowest BCUT2D eigenvalue weighted by Gasteiger charge is -2.26. The Morgan fingerprint density at radius 2 is 1.08 bits per heavy atom. The van der Waals surface area contributed by atoms with E-state index in [2.05, 4.69) is 53.7 Å². The monoisotopic (exact) mass is 342 g/mol. The van der Waals surface area contributed by atoms with Gasteiger partial charge in [0.1, 0.15) is 0 Å². The van der Waals surface area contributed by atoms with Gasteiger partial charge in [-0.1, -0.05) is 65.8 Å². The van der Waals surface area contributed by atoms with Crippen LogP contribution in [0.25, 0.3) is 0 Å². The molecule has 0 unspecified atom stereocenters. The number of hydrogen-bond donors (Lipinski definition) is 0. The van der Waals surface area contributed by atoms with Crippen LogP contribution in [0.4, 0.5) is 0 Å². The van der Waals surface area contributed by atoms with Gasteiger partial charge in [0.15, 0.2) is 0 Å². The van der Waals surface area contributed by atoms with Crippen molar-refractivity contribution in [2.24, 2.45) is 0 Å². The van der Waals surface area contributed by atoms with Gasteiger partial charge in [-0.3, -0.25) is 0 Å². The smallest absolute Gasteiger partial charge is 0.207 e. The molecule has 0 saturated heterocycles. The van der Waals surface area contributed by atoms with E-state index in [-0.39, 0.29) is 10.8 Å². The fourth-order valence-corrected chi connectivity index (χ4v) is 4.90. The third kappa shape index (κ3) is 2.79. The summed E-state index contributed by atoms with van der Waals surface area (Å²) in [6, 6.07) is 11.6. The van der Waals surface area contributed by atoms with Crippen LogP contribution in [0.3, 0.4) is 0 Å². The van der Waals surface area contributed by atoms with Crippen LogP contribution in [0.1, 0.15) is 63.8 Å². The maximum absolute atomic E-state index is 13.0. The topological polar surface area (TPSA) is 34.1 Å². The Kier molecular flexibility index (Phi) is 3.72. The standard InChI is InChI=1S/C21H26O2S/c1-20(2,3)16-7-9-18-14(12-16)11-15-13-17(21(4,5)6)8-10-19(15)24(18,22)23/h7-10,12-13H,11H2,1-6H3. The summed E-state index contributed by atoms with van der Waals surface area (Å²) in [6.45, 7) is 12.9. The number of benzene rings is 2. The van der Waals surface area contributed by atoms with Crippen molar-refractivity contribution >= 4 is 9.84 Å². The molecular weight excluding hydrogens is 316 g/mol.